The Morgan fingerprint density at radius 3 is 2.37 bits per heavy atom. The number of carbonyl (C=O) groups excluding carboxylic acids is 1. The lowest BCUT2D eigenvalue weighted by Crippen LogP contribution is -2.10. The summed E-state index contributed by atoms with van der Waals surface area (Å²) in [7, 11) is 0. The summed E-state index contributed by atoms with van der Waals surface area (Å²) in [4.78, 5) is 12.0. The Morgan fingerprint density at radius 1 is 1.21 bits per heavy atom. The zero-order valence-corrected chi connectivity index (χ0v) is 10.5. The van der Waals surface area contributed by atoms with Crippen LogP contribution >= 0.6 is 11.3 Å². The number of thiophene rings is 1. The van der Waals surface area contributed by atoms with Gasteiger partial charge in [-0.15, -0.1) is 0 Å². The van der Waals surface area contributed by atoms with Crippen molar-refractivity contribution in [3.63, 3.8) is 0 Å². The van der Waals surface area contributed by atoms with Crippen molar-refractivity contribution in [3.05, 3.63) is 57.0 Å². The molecule has 2 rings (SSSR count). The van der Waals surface area contributed by atoms with Crippen LogP contribution in [0, 0.1) is 12.7 Å². The highest BCUT2D eigenvalue weighted by atomic mass is 32.1. The quantitative estimate of drug-likeness (QED) is 0.589. The minimum absolute atomic E-state index is 0.0907. The van der Waals surface area contributed by atoms with E-state index in [2.05, 4.69) is 0 Å². The van der Waals surface area contributed by atoms with E-state index in [1.807, 2.05) is 0 Å². The summed E-state index contributed by atoms with van der Waals surface area (Å²) >= 11 is 1.31. The van der Waals surface area contributed by atoms with E-state index in [0.717, 1.165) is 11.6 Å². The predicted octanol–water partition coefficient (Wildman–Crippen LogP) is 4.45. The van der Waals surface area contributed by atoms with Crippen molar-refractivity contribution in [2.75, 3.05) is 0 Å². The van der Waals surface area contributed by atoms with Gasteiger partial charge in [-0.2, -0.15) is 24.5 Å². The third-order valence-corrected chi connectivity index (χ3v) is 3.50. The van der Waals surface area contributed by atoms with Crippen LogP contribution in [-0.4, -0.2) is 5.78 Å². The van der Waals surface area contributed by atoms with Crippen molar-refractivity contribution < 1.29 is 22.4 Å². The third-order valence-electron chi connectivity index (χ3n) is 2.64. The van der Waals surface area contributed by atoms with E-state index >= 15 is 0 Å². The molecule has 0 bridgehead atoms. The van der Waals surface area contributed by atoms with Crippen LogP contribution in [0.4, 0.5) is 17.6 Å². The number of carbonyl (C=O) groups is 1. The smallest absolute Gasteiger partial charge is 0.289 e. The minimum Gasteiger partial charge on any atom is -0.289 e. The first kappa shape index (κ1) is 13.7. The fraction of sp³-hybridized carbons (Fsp3) is 0.154. The zero-order chi connectivity index (χ0) is 14.2. The zero-order valence-electron chi connectivity index (χ0n) is 9.72. The fourth-order valence-electron chi connectivity index (χ4n) is 1.63. The fourth-order valence-corrected chi connectivity index (χ4v) is 2.46. The maximum Gasteiger partial charge on any atom is 0.419 e. The average Bonchev–Trinajstić information content (AvgIpc) is 2.72. The van der Waals surface area contributed by atoms with E-state index in [1.165, 1.54) is 11.3 Å². The Kier molecular flexibility index (Phi) is 3.45. The van der Waals surface area contributed by atoms with Crippen LogP contribution < -0.4 is 0 Å². The van der Waals surface area contributed by atoms with Crippen LogP contribution in [0.1, 0.15) is 27.0 Å². The molecular formula is C13H8F4OS. The van der Waals surface area contributed by atoms with Gasteiger partial charge in [0.15, 0.2) is 5.78 Å². The van der Waals surface area contributed by atoms with Crippen LogP contribution in [-0.2, 0) is 6.18 Å². The van der Waals surface area contributed by atoms with Crippen molar-refractivity contribution in [2.45, 2.75) is 13.1 Å². The number of alkyl halides is 3. The Morgan fingerprint density at radius 2 is 1.89 bits per heavy atom. The van der Waals surface area contributed by atoms with Gasteiger partial charge in [-0.05, 0) is 30.0 Å². The monoisotopic (exact) mass is 288 g/mol. The first-order valence-electron chi connectivity index (χ1n) is 5.25. The Labute approximate surface area is 110 Å². The molecule has 0 unspecified atom stereocenters. The second kappa shape index (κ2) is 4.77. The molecule has 1 aromatic carbocycles. The first-order chi connectivity index (χ1) is 8.80. The molecule has 19 heavy (non-hydrogen) atoms. The van der Waals surface area contributed by atoms with E-state index in [4.69, 9.17) is 0 Å². The summed E-state index contributed by atoms with van der Waals surface area (Å²) < 4.78 is 50.6. The summed E-state index contributed by atoms with van der Waals surface area (Å²) in [6.45, 7) is 1.71. The minimum atomic E-state index is -4.76. The van der Waals surface area contributed by atoms with Crippen LogP contribution in [0.3, 0.4) is 0 Å². The van der Waals surface area contributed by atoms with Crippen molar-refractivity contribution in [1.82, 2.24) is 0 Å². The lowest BCUT2D eigenvalue weighted by Gasteiger charge is -2.09. The molecule has 1 nitrogen and oxygen atoms in total. The Balaban J connectivity index is 2.41. The largest absolute Gasteiger partial charge is 0.419 e. The molecule has 0 radical (unpaired) electrons. The predicted molar refractivity (Wildman–Crippen MR) is 63.9 cm³/mol. The van der Waals surface area contributed by atoms with Gasteiger partial charge in [0.05, 0.1) is 5.56 Å². The van der Waals surface area contributed by atoms with Crippen molar-refractivity contribution in [2.24, 2.45) is 0 Å². The molecule has 100 valence electrons. The van der Waals surface area contributed by atoms with Gasteiger partial charge in [0.1, 0.15) is 5.82 Å². The second-order valence-electron chi connectivity index (χ2n) is 3.99. The molecule has 1 heterocycles. The molecule has 0 amide bonds. The summed E-state index contributed by atoms with van der Waals surface area (Å²) in [6.07, 6.45) is -4.76. The van der Waals surface area contributed by atoms with Gasteiger partial charge in [0.25, 0.3) is 0 Å². The maximum absolute atomic E-state index is 13.4. The molecule has 1 aromatic heterocycles. The SMILES string of the molecule is Cc1cscc1C(=O)c1ccc(C(F)(F)F)c(F)c1. The van der Waals surface area contributed by atoms with E-state index in [-0.39, 0.29) is 5.56 Å². The highest BCUT2D eigenvalue weighted by Crippen LogP contribution is 2.32. The molecule has 0 spiro atoms. The summed E-state index contributed by atoms with van der Waals surface area (Å²) in [5.74, 6) is -1.92. The van der Waals surface area contributed by atoms with E-state index in [9.17, 15) is 22.4 Å². The lowest BCUT2D eigenvalue weighted by atomic mass is 10.0. The highest BCUT2D eigenvalue weighted by molar-refractivity contribution is 7.08. The molecular weight excluding hydrogens is 280 g/mol. The van der Waals surface area contributed by atoms with Gasteiger partial charge in [-0.1, -0.05) is 6.07 Å². The number of ketones is 1. The second-order valence-corrected chi connectivity index (χ2v) is 4.73. The van der Waals surface area contributed by atoms with E-state index in [0.29, 0.717) is 17.7 Å². The first-order valence-corrected chi connectivity index (χ1v) is 6.19. The molecule has 2 aromatic rings. The summed E-state index contributed by atoms with van der Waals surface area (Å²) in [5, 5.41) is 3.33. The summed E-state index contributed by atoms with van der Waals surface area (Å²) in [5.41, 5.74) is -0.363. The molecule has 0 aliphatic heterocycles. The molecule has 0 N–H and O–H groups in total. The van der Waals surface area contributed by atoms with Crippen molar-refractivity contribution in [1.29, 1.82) is 0 Å². The van der Waals surface area contributed by atoms with Gasteiger partial charge < -0.3 is 0 Å². The van der Waals surface area contributed by atoms with Crippen LogP contribution in [0.25, 0.3) is 0 Å². The standard InChI is InChI=1S/C13H8F4OS/c1-7-5-19-6-9(7)12(18)8-2-3-10(11(14)4-8)13(15,16)17/h2-6H,1H3. The number of hydrogen-bond donors (Lipinski definition) is 0. The Hall–Kier alpha value is -1.69. The average molecular weight is 288 g/mol. The molecule has 0 aliphatic carbocycles. The molecule has 0 saturated heterocycles. The van der Waals surface area contributed by atoms with E-state index < -0.39 is 23.3 Å². The molecule has 0 saturated carbocycles. The van der Waals surface area contributed by atoms with Crippen molar-refractivity contribution in [3.8, 4) is 0 Å². The number of rotatable bonds is 2. The van der Waals surface area contributed by atoms with Crippen molar-refractivity contribution >= 4 is 17.1 Å². The third kappa shape index (κ3) is 2.68. The number of hydrogen-bond acceptors (Lipinski definition) is 2. The Bertz CT molecular complexity index is 628. The van der Waals surface area contributed by atoms with Gasteiger partial charge in [0, 0.05) is 16.5 Å². The van der Waals surface area contributed by atoms with Crippen LogP contribution in [0.15, 0.2) is 29.0 Å². The maximum atomic E-state index is 13.4. The van der Waals surface area contributed by atoms with Gasteiger partial charge in [0.2, 0.25) is 0 Å². The molecule has 6 heteroatoms. The normalized spacial score (nSPS) is 11.6. The molecule has 0 fully saturated rings. The topological polar surface area (TPSA) is 17.1 Å². The molecule has 0 atom stereocenters. The van der Waals surface area contributed by atoms with E-state index in [1.54, 1.807) is 17.7 Å². The summed E-state index contributed by atoms with van der Waals surface area (Å²) in [6, 6.07) is 2.21. The van der Waals surface area contributed by atoms with Crippen LogP contribution in [0.5, 0.6) is 0 Å². The number of benzene rings is 1. The lowest BCUT2D eigenvalue weighted by molar-refractivity contribution is -0.140. The molecule has 0 aliphatic rings. The van der Waals surface area contributed by atoms with Crippen LogP contribution in [0.2, 0.25) is 0 Å². The number of aryl methyl sites for hydroxylation is 1. The van der Waals surface area contributed by atoms with Gasteiger partial charge in [-0.3, -0.25) is 4.79 Å². The van der Waals surface area contributed by atoms with Gasteiger partial charge >= 0.3 is 6.18 Å². The van der Waals surface area contributed by atoms with Gasteiger partial charge in [-0.25, -0.2) is 4.39 Å². The highest BCUT2D eigenvalue weighted by Gasteiger charge is 2.34. The number of halogens is 4.